The van der Waals surface area contributed by atoms with Gasteiger partial charge >= 0.3 is 0 Å². The molecule has 4 heteroatoms. The van der Waals surface area contributed by atoms with Gasteiger partial charge in [0.2, 0.25) is 0 Å². The van der Waals surface area contributed by atoms with Crippen LogP contribution in [0.3, 0.4) is 0 Å². The van der Waals surface area contributed by atoms with Crippen molar-refractivity contribution >= 4 is 27.0 Å². The molecule has 0 unspecified atom stereocenters. The molecule has 0 fully saturated rings. The summed E-state index contributed by atoms with van der Waals surface area (Å²) >= 11 is 3.31. The van der Waals surface area contributed by atoms with E-state index in [0.29, 0.717) is 0 Å². The molecule has 78 valence electrons. The molecule has 3 nitrogen and oxygen atoms in total. The Hall–Kier alpha value is -1.68. The maximum absolute atomic E-state index is 4.50. The van der Waals surface area contributed by atoms with Crippen molar-refractivity contribution < 1.29 is 0 Å². The highest BCUT2D eigenvalue weighted by Gasteiger charge is 2.04. The topological polar surface area (TPSA) is 41.6 Å². The van der Waals surface area contributed by atoms with Gasteiger partial charge in [-0.1, -0.05) is 12.1 Å². The van der Waals surface area contributed by atoms with E-state index in [0.717, 1.165) is 27.0 Å². The highest BCUT2D eigenvalue weighted by molar-refractivity contribution is 9.10. The standard InChI is InChI=1S/C12H8BrN3/c13-11-6-5-8(7-14-11)12-15-9-3-1-2-4-10(9)16-12/h1-7H,(H,15,16). The lowest BCUT2D eigenvalue weighted by atomic mass is 10.3. The normalized spacial score (nSPS) is 10.8. The lowest BCUT2D eigenvalue weighted by Gasteiger charge is -1.94. The lowest BCUT2D eigenvalue weighted by Crippen LogP contribution is -1.82. The number of aromatic amines is 1. The van der Waals surface area contributed by atoms with E-state index >= 15 is 0 Å². The van der Waals surface area contributed by atoms with Gasteiger partial charge in [-0.3, -0.25) is 0 Å². The first-order valence-corrected chi connectivity index (χ1v) is 5.69. The van der Waals surface area contributed by atoms with Crippen molar-refractivity contribution in [1.82, 2.24) is 15.0 Å². The van der Waals surface area contributed by atoms with Crippen LogP contribution in [0.5, 0.6) is 0 Å². The van der Waals surface area contributed by atoms with Gasteiger partial charge in [-0.15, -0.1) is 0 Å². The van der Waals surface area contributed by atoms with Crippen LogP contribution in [0.15, 0.2) is 47.2 Å². The van der Waals surface area contributed by atoms with E-state index in [9.17, 15) is 0 Å². The molecule has 0 amide bonds. The Balaban J connectivity index is 2.15. The number of rotatable bonds is 1. The monoisotopic (exact) mass is 273 g/mol. The number of pyridine rings is 1. The minimum absolute atomic E-state index is 0.826. The van der Waals surface area contributed by atoms with Gasteiger partial charge in [0.1, 0.15) is 10.4 Å². The van der Waals surface area contributed by atoms with Crippen molar-refractivity contribution in [2.45, 2.75) is 0 Å². The Bertz CT molecular complexity index is 595. The molecular weight excluding hydrogens is 266 g/mol. The average molecular weight is 274 g/mol. The van der Waals surface area contributed by atoms with Crippen LogP contribution < -0.4 is 0 Å². The van der Waals surface area contributed by atoms with E-state index in [1.54, 1.807) is 6.20 Å². The van der Waals surface area contributed by atoms with Crippen LogP contribution in [0, 0.1) is 0 Å². The summed E-state index contributed by atoms with van der Waals surface area (Å²) in [5, 5.41) is 0. The van der Waals surface area contributed by atoms with E-state index in [2.05, 4.69) is 30.9 Å². The molecule has 0 radical (unpaired) electrons. The number of aromatic nitrogens is 3. The van der Waals surface area contributed by atoms with Gasteiger partial charge in [0, 0.05) is 11.8 Å². The molecule has 0 bridgehead atoms. The molecule has 0 aliphatic heterocycles. The summed E-state index contributed by atoms with van der Waals surface area (Å²) in [7, 11) is 0. The SMILES string of the molecule is Brc1ccc(-c2nc3ccccc3[nH]2)cn1. The minimum atomic E-state index is 0.826. The fourth-order valence-corrected chi connectivity index (χ4v) is 1.84. The molecule has 0 saturated heterocycles. The minimum Gasteiger partial charge on any atom is -0.338 e. The zero-order valence-electron chi connectivity index (χ0n) is 8.31. The summed E-state index contributed by atoms with van der Waals surface area (Å²) in [5.74, 6) is 0.848. The van der Waals surface area contributed by atoms with Gasteiger partial charge in [0.05, 0.1) is 11.0 Å². The average Bonchev–Trinajstić information content (AvgIpc) is 2.73. The first-order chi connectivity index (χ1) is 7.83. The third-order valence-electron chi connectivity index (χ3n) is 2.39. The molecule has 3 rings (SSSR count). The molecule has 1 aromatic carbocycles. The van der Waals surface area contributed by atoms with Crippen molar-refractivity contribution in [3.05, 3.63) is 47.2 Å². The predicted molar refractivity (Wildman–Crippen MR) is 67.0 cm³/mol. The van der Waals surface area contributed by atoms with Crippen LogP contribution in [0.1, 0.15) is 0 Å². The summed E-state index contributed by atoms with van der Waals surface area (Å²) in [5.41, 5.74) is 3.00. The van der Waals surface area contributed by atoms with Crippen LogP contribution in [0.4, 0.5) is 0 Å². The Morgan fingerprint density at radius 1 is 1.06 bits per heavy atom. The van der Waals surface area contributed by atoms with E-state index in [4.69, 9.17) is 0 Å². The number of H-pyrrole nitrogens is 1. The van der Waals surface area contributed by atoms with E-state index in [1.165, 1.54) is 0 Å². The lowest BCUT2D eigenvalue weighted by molar-refractivity contribution is 1.24. The number of benzene rings is 1. The molecular formula is C12H8BrN3. The molecule has 0 spiro atoms. The van der Waals surface area contributed by atoms with Gasteiger partial charge < -0.3 is 4.98 Å². The number of imidazole rings is 1. The first-order valence-electron chi connectivity index (χ1n) is 4.89. The molecule has 0 aliphatic rings. The number of hydrogen-bond acceptors (Lipinski definition) is 2. The largest absolute Gasteiger partial charge is 0.338 e. The molecule has 2 aromatic heterocycles. The van der Waals surface area contributed by atoms with Crippen molar-refractivity contribution in [2.75, 3.05) is 0 Å². The van der Waals surface area contributed by atoms with Crippen LogP contribution in [0.2, 0.25) is 0 Å². The Morgan fingerprint density at radius 2 is 1.94 bits per heavy atom. The first kappa shape index (κ1) is 9.54. The maximum Gasteiger partial charge on any atom is 0.140 e. The maximum atomic E-state index is 4.50. The second-order valence-corrected chi connectivity index (χ2v) is 4.28. The highest BCUT2D eigenvalue weighted by atomic mass is 79.9. The molecule has 3 aromatic rings. The second kappa shape index (κ2) is 3.72. The smallest absolute Gasteiger partial charge is 0.140 e. The van der Waals surface area contributed by atoms with Crippen LogP contribution in [-0.4, -0.2) is 15.0 Å². The van der Waals surface area contributed by atoms with Crippen LogP contribution >= 0.6 is 15.9 Å². The van der Waals surface area contributed by atoms with Crippen molar-refractivity contribution in [1.29, 1.82) is 0 Å². The Morgan fingerprint density at radius 3 is 2.69 bits per heavy atom. The van der Waals surface area contributed by atoms with Gasteiger partial charge in [-0.05, 0) is 40.2 Å². The zero-order valence-corrected chi connectivity index (χ0v) is 9.90. The van der Waals surface area contributed by atoms with Crippen molar-refractivity contribution in [3.8, 4) is 11.4 Å². The molecule has 0 aliphatic carbocycles. The van der Waals surface area contributed by atoms with E-state index in [-0.39, 0.29) is 0 Å². The third-order valence-corrected chi connectivity index (χ3v) is 2.86. The molecule has 16 heavy (non-hydrogen) atoms. The number of halogens is 1. The quantitative estimate of drug-likeness (QED) is 0.691. The number of nitrogens with one attached hydrogen (secondary N) is 1. The molecule has 0 atom stereocenters. The highest BCUT2D eigenvalue weighted by Crippen LogP contribution is 2.20. The van der Waals surface area contributed by atoms with E-state index < -0.39 is 0 Å². The van der Waals surface area contributed by atoms with Gasteiger partial charge in [0.25, 0.3) is 0 Å². The molecule has 0 saturated carbocycles. The summed E-state index contributed by atoms with van der Waals surface area (Å²) in [6, 6.07) is 11.9. The summed E-state index contributed by atoms with van der Waals surface area (Å²) in [4.78, 5) is 11.9. The van der Waals surface area contributed by atoms with Crippen molar-refractivity contribution in [3.63, 3.8) is 0 Å². The fraction of sp³-hybridized carbons (Fsp3) is 0. The fourth-order valence-electron chi connectivity index (χ4n) is 1.61. The van der Waals surface area contributed by atoms with Gasteiger partial charge in [-0.2, -0.15) is 0 Å². The zero-order chi connectivity index (χ0) is 11.0. The number of para-hydroxylation sites is 2. The van der Waals surface area contributed by atoms with Gasteiger partial charge in [0.15, 0.2) is 0 Å². The summed E-state index contributed by atoms with van der Waals surface area (Å²) in [6.07, 6.45) is 1.79. The molecule has 1 N–H and O–H groups in total. The summed E-state index contributed by atoms with van der Waals surface area (Å²) < 4.78 is 0.826. The third kappa shape index (κ3) is 1.61. The molecule has 2 heterocycles. The van der Waals surface area contributed by atoms with E-state index in [1.807, 2.05) is 36.4 Å². The van der Waals surface area contributed by atoms with Gasteiger partial charge in [-0.25, -0.2) is 9.97 Å². The Labute approximate surface area is 101 Å². The number of fused-ring (bicyclic) bond motifs is 1. The van der Waals surface area contributed by atoms with Crippen LogP contribution in [0.25, 0.3) is 22.4 Å². The summed E-state index contributed by atoms with van der Waals surface area (Å²) in [6.45, 7) is 0. The Kier molecular flexibility index (Phi) is 2.22. The van der Waals surface area contributed by atoms with Crippen molar-refractivity contribution in [2.24, 2.45) is 0 Å². The number of nitrogens with zero attached hydrogens (tertiary/aromatic N) is 2. The van der Waals surface area contributed by atoms with Crippen LogP contribution in [-0.2, 0) is 0 Å². The second-order valence-electron chi connectivity index (χ2n) is 3.47. The number of hydrogen-bond donors (Lipinski definition) is 1. The predicted octanol–water partition coefficient (Wildman–Crippen LogP) is 3.39.